The second-order valence-corrected chi connectivity index (χ2v) is 14.7. The summed E-state index contributed by atoms with van der Waals surface area (Å²) in [5.74, 6) is -0.275. The molecule has 0 fully saturated rings. The van der Waals surface area contributed by atoms with Crippen molar-refractivity contribution in [3.05, 3.63) is 131 Å². The number of allylic oxidation sites excluding steroid dienone is 2. The second-order valence-electron chi connectivity index (χ2n) is 14.7. The predicted molar refractivity (Wildman–Crippen MR) is 193 cm³/mol. The van der Waals surface area contributed by atoms with Gasteiger partial charge in [0.1, 0.15) is 0 Å². The maximum absolute atomic E-state index is 13.9. The first kappa shape index (κ1) is 33.1. The first-order valence-electron chi connectivity index (χ1n) is 16.9. The third kappa shape index (κ3) is 8.31. The Balaban J connectivity index is 1.37. The van der Waals surface area contributed by atoms with Crippen LogP contribution < -0.4 is 5.32 Å². The highest BCUT2D eigenvalue weighted by Crippen LogP contribution is 2.38. The third-order valence-electron chi connectivity index (χ3n) is 9.40. The molecule has 5 rings (SSSR count). The molecule has 4 aromatic rings. The van der Waals surface area contributed by atoms with Gasteiger partial charge in [-0.3, -0.25) is 9.59 Å². The summed E-state index contributed by atoms with van der Waals surface area (Å²) in [5, 5.41) is 3.20. The van der Waals surface area contributed by atoms with Gasteiger partial charge >= 0.3 is 0 Å². The number of Topliss-reactive ketones (excluding diaryl/α,β-unsaturated/α-hetero) is 1. The Hall–Kier alpha value is -4.24. The highest BCUT2D eigenvalue weighted by Gasteiger charge is 2.24. The fourth-order valence-corrected chi connectivity index (χ4v) is 6.20. The lowest BCUT2D eigenvalue weighted by molar-refractivity contribution is -0.117. The topological polar surface area (TPSA) is 46.2 Å². The van der Waals surface area contributed by atoms with E-state index in [1.807, 2.05) is 43.3 Å². The third-order valence-corrected chi connectivity index (χ3v) is 9.40. The molecule has 3 heteroatoms. The van der Waals surface area contributed by atoms with Crippen molar-refractivity contribution >= 4 is 23.0 Å². The summed E-state index contributed by atoms with van der Waals surface area (Å²) in [4.78, 5) is 26.4. The molecule has 1 amide bonds. The molecule has 1 N–H and O–H groups in total. The van der Waals surface area contributed by atoms with Crippen LogP contribution in [0.5, 0.6) is 0 Å². The van der Waals surface area contributed by atoms with Crippen molar-refractivity contribution in [2.24, 2.45) is 5.41 Å². The minimum atomic E-state index is -0.391. The van der Waals surface area contributed by atoms with Crippen molar-refractivity contribution in [1.82, 2.24) is 0 Å². The first-order valence-corrected chi connectivity index (χ1v) is 16.9. The molecule has 3 nitrogen and oxygen atoms in total. The summed E-state index contributed by atoms with van der Waals surface area (Å²) in [6.45, 7) is 13.3. The SMILES string of the molecule is CCCC(=O)c1ccc(C[C@H](C(=O)Nc2ccc(C3=CCC(C)(C)CC3)cc2)c2ccc(-c3ccc(C(C)(C)C)cc3)cc2)cc1. The molecule has 1 atom stereocenters. The lowest BCUT2D eigenvalue weighted by atomic mass is 9.77. The maximum atomic E-state index is 13.9. The number of hydrogen-bond donors (Lipinski definition) is 1. The second kappa shape index (κ2) is 14.0. The number of rotatable bonds is 10. The van der Waals surface area contributed by atoms with Crippen LogP contribution in [0, 0.1) is 5.41 Å². The van der Waals surface area contributed by atoms with Crippen LogP contribution in [0.25, 0.3) is 16.7 Å². The summed E-state index contributed by atoms with van der Waals surface area (Å²) in [6.07, 6.45) is 7.65. The van der Waals surface area contributed by atoms with E-state index in [1.54, 1.807) is 0 Å². The smallest absolute Gasteiger partial charge is 0.232 e. The normalized spacial score (nSPS) is 15.1. The molecule has 0 aliphatic heterocycles. The van der Waals surface area contributed by atoms with E-state index in [4.69, 9.17) is 0 Å². The standard InChI is InChI=1S/C43H49NO2/c1-7-8-40(45)36-11-9-30(10-12-36)29-39(35-15-13-31(14-16-35)32-17-21-37(22-18-32)42(2,3)4)41(46)44-38-23-19-33(20-24-38)34-25-27-43(5,6)28-26-34/h9-25,39H,7-8,26-29H2,1-6H3,(H,44,46)/t39-/m0/s1. The van der Waals surface area contributed by atoms with E-state index >= 15 is 0 Å². The molecule has 0 radical (unpaired) electrons. The fraction of sp³-hybridized carbons (Fsp3) is 0.349. The Kier molecular flexibility index (Phi) is 10.1. The van der Waals surface area contributed by atoms with Gasteiger partial charge in [0.15, 0.2) is 5.78 Å². The van der Waals surface area contributed by atoms with Crippen LogP contribution in [0.4, 0.5) is 5.69 Å². The van der Waals surface area contributed by atoms with E-state index in [1.165, 1.54) is 23.1 Å². The van der Waals surface area contributed by atoms with E-state index in [0.29, 0.717) is 18.3 Å². The van der Waals surface area contributed by atoms with Crippen LogP contribution in [0.2, 0.25) is 0 Å². The van der Waals surface area contributed by atoms with Crippen LogP contribution in [0.3, 0.4) is 0 Å². The van der Waals surface area contributed by atoms with E-state index < -0.39 is 5.92 Å². The molecule has 238 valence electrons. The van der Waals surface area contributed by atoms with Crippen LogP contribution >= 0.6 is 0 Å². The van der Waals surface area contributed by atoms with Gasteiger partial charge in [-0.15, -0.1) is 0 Å². The van der Waals surface area contributed by atoms with E-state index in [2.05, 4.69) is 107 Å². The largest absolute Gasteiger partial charge is 0.326 e. The number of benzene rings is 4. The Morgan fingerprint density at radius 2 is 1.37 bits per heavy atom. The van der Waals surface area contributed by atoms with Crippen LogP contribution in [-0.4, -0.2) is 11.7 Å². The average molecular weight is 612 g/mol. The fourth-order valence-electron chi connectivity index (χ4n) is 6.20. The molecule has 4 aromatic carbocycles. The molecular formula is C43H49NO2. The van der Waals surface area contributed by atoms with Gasteiger partial charge in [0.2, 0.25) is 5.91 Å². The zero-order chi connectivity index (χ0) is 32.9. The summed E-state index contributed by atoms with van der Waals surface area (Å²) >= 11 is 0. The number of nitrogens with one attached hydrogen (secondary N) is 1. The number of carbonyl (C=O) groups excluding carboxylic acids is 2. The van der Waals surface area contributed by atoms with Crippen molar-refractivity contribution in [2.75, 3.05) is 5.32 Å². The van der Waals surface area contributed by atoms with Gasteiger partial charge in [-0.25, -0.2) is 0 Å². The van der Waals surface area contributed by atoms with Crippen molar-refractivity contribution in [2.45, 2.75) is 91.4 Å². The highest BCUT2D eigenvalue weighted by atomic mass is 16.2. The molecule has 0 heterocycles. The first-order chi connectivity index (χ1) is 21.9. The monoisotopic (exact) mass is 611 g/mol. The number of carbonyl (C=O) groups is 2. The van der Waals surface area contributed by atoms with Gasteiger partial charge in [-0.2, -0.15) is 0 Å². The molecule has 0 unspecified atom stereocenters. The maximum Gasteiger partial charge on any atom is 0.232 e. The quantitative estimate of drug-likeness (QED) is 0.181. The minimum absolute atomic E-state index is 0.0419. The Bertz CT molecular complexity index is 1670. The molecule has 0 saturated carbocycles. The summed E-state index contributed by atoms with van der Waals surface area (Å²) in [7, 11) is 0. The average Bonchev–Trinajstić information content (AvgIpc) is 3.04. The highest BCUT2D eigenvalue weighted by molar-refractivity contribution is 5.97. The van der Waals surface area contributed by atoms with Crippen molar-refractivity contribution < 1.29 is 9.59 Å². The molecule has 0 aromatic heterocycles. The number of hydrogen-bond acceptors (Lipinski definition) is 2. The zero-order valence-electron chi connectivity index (χ0n) is 28.5. The van der Waals surface area contributed by atoms with E-state index in [9.17, 15) is 9.59 Å². The van der Waals surface area contributed by atoms with Crippen molar-refractivity contribution in [1.29, 1.82) is 0 Å². The van der Waals surface area contributed by atoms with Crippen LogP contribution in [-0.2, 0) is 16.6 Å². The Morgan fingerprint density at radius 1 is 0.783 bits per heavy atom. The van der Waals surface area contributed by atoms with Gasteiger partial charge in [0.25, 0.3) is 0 Å². The molecule has 46 heavy (non-hydrogen) atoms. The van der Waals surface area contributed by atoms with Crippen molar-refractivity contribution in [3.8, 4) is 11.1 Å². The number of anilines is 1. The minimum Gasteiger partial charge on any atom is -0.326 e. The Morgan fingerprint density at radius 3 is 1.91 bits per heavy atom. The Labute approximate surface area is 276 Å². The van der Waals surface area contributed by atoms with Crippen LogP contribution in [0.1, 0.15) is 112 Å². The van der Waals surface area contributed by atoms with Gasteiger partial charge in [0.05, 0.1) is 5.92 Å². The summed E-state index contributed by atoms with van der Waals surface area (Å²) in [5.41, 5.74) is 10.2. The van der Waals surface area contributed by atoms with Gasteiger partial charge in [-0.1, -0.05) is 133 Å². The molecule has 1 aliphatic carbocycles. The summed E-state index contributed by atoms with van der Waals surface area (Å²) in [6, 6.07) is 33.2. The molecular weight excluding hydrogens is 562 g/mol. The molecule has 1 aliphatic rings. The lowest BCUT2D eigenvalue weighted by Crippen LogP contribution is -2.23. The summed E-state index contributed by atoms with van der Waals surface area (Å²) < 4.78 is 0. The van der Waals surface area contributed by atoms with Gasteiger partial charge in [-0.05, 0) is 94.0 Å². The number of ketones is 1. The molecule has 0 spiro atoms. The van der Waals surface area contributed by atoms with Crippen molar-refractivity contribution in [3.63, 3.8) is 0 Å². The van der Waals surface area contributed by atoms with Gasteiger partial charge < -0.3 is 5.32 Å². The predicted octanol–water partition coefficient (Wildman–Crippen LogP) is 11.2. The number of amides is 1. The van der Waals surface area contributed by atoms with Crippen LogP contribution in [0.15, 0.2) is 103 Å². The molecule has 0 bridgehead atoms. The van der Waals surface area contributed by atoms with Gasteiger partial charge in [0, 0.05) is 17.7 Å². The molecule has 0 saturated heterocycles. The van der Waals surface area contributed by atoms with E-state index in [0.717, 1.165) is 52.8 Å². The zero-order valence-corrected chi connectivity index (χ0v) is 28.5. The van der Waals surface area contributed by atoms with E-state index in [-0.39, 0.29) is 17.1 Å². The lowest BCUT2D eigenvalue weighted by Gasteiger charge is -2.28.